The smallest absolute Gasteiger partial charge is 0.336 e. The molecular formula is C20H29F2O6S-. The quantitative estimate of drug-likeness (QED) is 0.238. The van der Waals surface area contributed by atoms with E-state index in [9.17, 15) is 26.5 Å². The largest absolute Gasteiger partial charge is 0.743 e. The zero-order valence-corrected chi connectivity index (χ0v) is 17.7. The maximum absolute atomic E-state index is 13.1. The summed E-state index contributed by atoms with van der Waals surface area (Å²) in [5.41, 5.74) is -0.538. The summed E-state index contributed by atoms with van der Waals surface area (Å²) < 4.78 is 68.7. The average molecular weight is 436 g/mol. The summed E-state index contributed by atoms with van der Waals surface area (Å²) in [4.78, 5) is 12.7. The standard InChI is InChI=1S/C20H30F2O6S/c1-12(2)20(16-7-14-6-15(9-16)10-17(20)8-14)28-18(23)13(3)11-27-5-4-19(21,22)29(24,25)26/h12,14-17H,3-11H2,1-2H3,(H,24,25,26)/p-1. The van der Waals surface area contributed by atoms with E-state index in [0.717, 1.165) is 25.7 Å². The van der Waals surface area contributed by atoms with Crippen LogP contribution in [0.25, 0.3) is 0 Å². The molecule has 6 nitrogen and oxygen atoms in total. The van der Waals surface area contributed by atoms with Crippen LogP contribution >= 0.6 is 0 Å². The lowest BCUT2D eigenvalue weighted by Crippen LogP contribution is -2.62. The third-order valence-electron chi connectivity index (χ3n) is 7.05. The molecular weight excluding hydrogens is 406 g/mol. The Morgan fingerprint density at radius 1 is 1.17 bits per heavy atom. The molecule has 0 saturated heterocycles. The van der Waals surface area contributed by atoms with Crippen molar-refractivity contribution < 1.29 is 36.0 Å². The SMILES string of the molecule is C=C(COCCC(F)(F)S(=O)(=O)[O-])C(=O)OC1(C(C)C)C2CC3CC(C2)CC1C3. The van der Waals surface area contributed by atoms with Crippen LogP contribution in [0.4, 0.5) is 8.78 Å². The summed E-state index contributed by atoms with van der Waals surface area (Å²) in [6.07, 6.45) is 4.28. The fourth-order valence-corrected chi connectivity index (χ4v) is 6.28. The molecule has 4 rings (SSSR count). The van der Waals surface area contributed by atoms with Gasteiger partial charge in [-0.2, -0.15) is 8.78 Å². The van der Waals surface area contributed by atoms with Gasteiger partial charge in [-0.15, -0.1) is 0 Å². The molecule has 0 heterocycles. The van der Waals surface area contributed by atoms with Crippen molar-refractivity contribution in [1.29, 1.82) is 0 Å². The molecule has 9 heteroatoms. The molecule has 0 aromatic carbocycles. The average Bonchev–Trinajstić information content (AvgIpc) is 2.59. The normalized spacial score (nSPS) is 33.9. The first-order valence-electron chi connectivity index (χ1n) is 10.2. The second-order valence-corrected chi connectivity index (χ2v) is 10.7. The first-order valence-corrected chi connectivity index (χ1v) is 11.6. The third kappa shape index (κ3) is 4.23. The number of hydrogen-bond donors (Lipinski definition) is 0. The molecule has 0 aliphatic heterocycles. The lowest BCUT2D eigenvalue weighted by Gasteiger charge is -2.61. The number of rotatable bonds is 9. The summed E-state index contributed by atoms with van der Waals surface area (Å²) in [5.74, 6) is 1.64. The van der Waals surface area contributed by atoms with Crippen molar-refractivity contribution in [3.63, 3.8) is 0 Å². The molecule has 29 heavy (non-hydrogen) atoms. The molecule has 0 unspecified atom stereocenters. The van der Waals surface area contributed by atoms with Gasteiger partial charge in [0.15, 0.2) is 10.1 Å². The molecule has 0 spiro atoms. The molecule has 0 atom stereocenters. The van der Waals surface area contributed by atoms with Crippen molar-refractivity contribution in [2.75, 3.05) is 13.2 Å². The minimum Gasteiger partial charge on any atom is -0.743 e. The third-order valence-corrected chi connectivity index (χ3v) is 7.99. The second kappa shape index (κ2) is 7.89. The van der Waals surface area contributed by atoms with Gasteiger partial charge in [0.1, 0.15) is 5.60 Å². The maximum atomic E-state index is 13.1. The molecule has 4 bridgehead atoms. The van der Waals surface area contributed by atoms with Crippen molar-refractivity contribution in [3.8, 4) is 0 Å². The van der Waals surface area contributed by atoms with Crippen LogP contribution in [0.1, 0.15) is 52.4 Å². The molecule has 0 aromatic rings. The van der Waals surface area contributed by atoms with E-state index in [-0.39, 0.29) is 18.1 Å². The van der Waals surface area contributed by atoms with Crippen molar-refractivity contribution in [2.24, 2.45) is 29.6 Å². The molecule has 0 aromatic heterocycles. The predicted molar refractivity (Wildman–Crippen MR) is 99.9 cm³/mol. The molecule has 0 N–H and O–H groups in total. The fraction of sp³-hybridized carbons (Fsp3) is 0.850. The van der Waals surface area contributed by atoms with Gasteiger partial charge in [0.05, 0.1) is 18.8 Å². The summed E-state index contributed by atoms with van der Waals surface area (Å²) in [7, 11) is -5.74. The van der Waals surface area contributed by atoms with Gasteiger partial charge in [-0.3, -0.25) is 0 Å². The van der Waals surface area contributed by atoms with Crippen LogP contribution in [0.15, 0.2) is 12.2 Å². The number of hydrogen-bond acceptors (Lipinski definition) is 6. The van der Waals surface area contributed by atoms with Crippen LogP contribution in [0.2, 0.25) is 0 Å². The Bertz CT molecular complexity index is 733. The zero-order valence-electron chi connectivity index (χ0n) is 16.9. The van der Waals surface area contributed by atoms with Crippen LogP contribution in [0.3, 0.4) is 0 Å². The first kappa shape index (κ1) is 22.6. The van der Waals surface area contributed by atoms with Crippen LogP contribution in [0, 0.1) is 29.6 Å². The minimum absolute atomic E-state index is 0.00729. The first-order chi connectivity index (χ1) is 13.4. The molecule has 4 fully saturated rings. The summed E-state index contributed by atoms with van der Waals surface area (Å²) in [5, 5.41) is -4.41. The molecule has 0 amide bonds. The van der Waals surface area contributed by atoms with Gasteiger partial charge < -0.3 is 14.0 Å². The van der Waals surface area contributed by atoms with E-state index < -0.39 is 40.0 Å². The van der Waals surface area contributed by atoms with Crippen LogP contribution in [-0.4, -0.2) is 43.0 Å². The van der Waals surface area contributed by atoms with E-state index in [0.29, 0.717) is 23.7 Å². The highest BCUT2D eigenvalue weighted by molar-refractivity contribution is 7.86. The van der Waals surface area contributed by atoms with Crippen LogP contribution < -0.4 is 0 Å². The second-order valence-electron chi connectivity index (χ2n) is 9.20. The minimum atomic E-state index is -5.74. The number of esters is 1. The molecule has 4 aliphatic carbocycles. The predicted octanol–water partition coefficient (Wildman–Crippen LogP) is 3.48. The van der Waals surface area contributed by atoms with E-state index in [4.69, 9.17) is 9.47 Å². The number of carbonyl (C=O) groups excluding carboxylic acids is 1. The van der Waals surface area contributed by atoms with Gasteiger partial charge in [-0.1, -0.05) is 20.4 Å². The lowest BCUT2D eigenvalue weighted by atomic mass is 9.47. The topological polar surface area (TPSA) is 92.7 Å². The van der Waals surface area contributed by atoms with Gasteiger partial charge in [0.25, 0.3) is 0 Å². The molecule has 4 aliphatic rings. The summed E-state index contributed by atoms with van der Waals surface area (Å²) in [6, 6.07) is 0. The van der Waals surface area contributed by atoms with E-state index >= 15 is 0 Å². The summed E-state index contributed by atoms with van der Waals surface area (Å²) >= 11 is 0. The van der Waals surface area contributed by atoms with Gasteiger partial charge >= 0.3 is 11.2 Å². The van der Waals surface area contributed by atoms with Crippen molar-refractivity contribution in [2.45, 2.75) is 63.2 Å². The van der Waals surface area contributed by atoms with E-state index in [2.05, 4.69) is 20.4 Å². The van der Waals surface area contributed by atoms with Crippen molar-refractivity contribution in [3.05, 3.63) is 12.2 Å². The van der Waals surface area contributed by atoms with Crippen LogP contribution in [0.5, 0.6) is 0 Å². The Morgan fingerprint density at radius 2 is 1.69 bits per heavy atom. The van der Waals surface area contributed by atoms with Crippen molar-refractivity contribution >= 4 is 16.1 Å². The maximum Gasteiger partial charge on any atom is 0.336 e. The van der Waals surface area contributed by atoms with Gasteiger partial charge in [0, 0.05) is 6.42 Å². The van der Waals surface area contributed by atoms with Gasteiger partial charge in [-0.05, 0) is 61.7 Å². The Hall–Kier alpha value is -1.06. The number of ether oxygens (including phenoxy) is 2. The Morgan fingerprint density at radius 3 is 2.14 bits per heavy atom. The highest BCUT2D eigenvalue weighted by Gasteiger charge is 2.60. The van der Waals surface area contributed by atoms with Crippen molar-refractivity contribution in [1.82, 2.24) is 0 Å². The number of carbonyl (C=O) groups is 1. The fourth-order valence-electron chi connectivity index (χ4n) is 5.95. The Kier molecular flexibility index (Phi) is 6.15. The zero-order chi connectivity index (χ0) is 21.6. The number of halogens is 2. The molecule has 4 saturated carbocycles. The van der Waals surface area contributed by atoms with Gasteiger partial charge in [0.2, 0.25) is 0 Å². The summed E-state index contributed by atoms with van der Waals surface area (Å²) in [6.45, 7) is 6.73. The Labute approximate surface area is 170 Å². The van der Waals surface area contributed by atoms with Gasteiger partial charge in [-0.25, -0.2) is 13.2 Å². The van der Waals surface area contributed by atoms with E-state index in [1.54, 1.807) is 0 Å². The molecule has 166 valence electrons. The van der Waals surface area contributed by atoms with E-state index in [1.807, 2.05) is 0 Å². The highest BCUT2D eigenvalue weighted by Crippen LogP contribution is 2.61. The Balaban J connectivity index is 1.57. The number of alkyl halides is 2. The highest BCUT2D eigenvalue weighted by atomic mass is 32.2. The lowest BCUT2D eigenvalue weighted by molar-refractivity contribution is -0.222. The monoisotopic (exact) mass is 435 g/mol. The van der Waals surface area contributed by atoms with E-state index in [1.165, 1.54) is 6.42 Å². The van der Waals surface area contributed by atoms with Crippen LogP contribution in [-0.2, 0) is 24.4 Å². The molecule has 0 radical (unpaired) electrons.